The number of nitrogens with zero attached hydrogens (tertiary/aromatic N) is 1. The largest absolute Gasteiger partial charge is 0.477 e. The van der Waals surface area contributed by atoms with Crippen molar-refractivity contribution < 1.29 is 23.9 Å². The normalized spacial score (nSPS) is 17.2. The van der Waals surface area contributed by atoms with Crippen LogP contribution in [-0.4, -0.2) is 27.9 Å². The molecule has 1 aromatic heterocycles. The van der Waals surface area contributed by atoms with E-state index in [2.05, 4.69) is 15.6 Å². The first-order valence-corrected chi connectivity index (χ1v) is 8.68. The number of hydrogen-bond donors (Lipinski definition) is 3. The van der Waals surface area contributed by atoms with E-state index in [1.54, 1.807) is 13.8 Å². The fourth-order valence-corrected chi connectivity index (χ4v) is 3.76. The van der Waals surface area contributed by atoms with E-state index in [4.69, 9.17) is 5.11 Å². The molecule has 7 nitrogen and oxygen atoms in total. The maximum atomic E-state index is 13.4. The third-order valence-electron chi connectivity index (χ3n) is 4.11. The average Bonchev–Trinajstić information content (AvgIpc) is 2.95. The molecule has 26 heavy (non-hydrogen) atoms. The van der Waals surface area contributed by atoms with Crippen molar-refractivity contribution in [1.29, 1.82) is 0 Å². The van der Waals surface area contributed by atoms with Gasteiger partial charge in [0.15, 0.2) is 0 Å². The van der Waals surface area contributed by atoms with Crippen molar-refractivity contribution in [3.63, 3.8) is 0 Å². The molecule has 2 atom stereocenters. The Morgan fingerprint density at radius 1 is 1.46 bits per heavy atom. The highest BCUT2D eigenvalue weighted by atomic mass is 32.1. The van der Waals surface area contributed by atoms with Crippen LogP contribution in [0.1, 0.15) is 51.2 Å². The third-order valence-corrected chi connectivity index (χ3v) is 5.44. The average molecular weight is 377 g/mol. The number of carboxylic acids is 1. The number of nitrogens with one attached hydrogen (secondary N) is 2. The van der Waals surface area contributed by atoms with Gasteiger partial charge in [-0.05, 0) is 31.5 Å². The van der Waals surface area contributed by atoms with Gasteiger partial charge >= 0.3 is 5.97 Å². The molecule has 3 rings (SSSR count). The molecular formula is C17H16FN3O4S. The Kier molecular flexibility index (Phi) is 4.73. The van der Waals surface area contributed by atoms with Crippen molar-refractivity contribution in [2.45, 2.75) is 32.2 Å². The van der Waals surface area contributed by atoms with Crippen molar-refractivity contribution in [3.8, 4) is 0 Å². The van der Waals surface area contributed by atoms with Gasteiger partial charge in [-0.3, -0.25) is 9.59 Å². The van der Waals surface area contributed by atoms with E-state index >= 15 is 0 Å². The second kappa shape index (κ2) is 6.83. The molecule has 0 saturated carbocycles. The molecule has 2 amide bonds. The smallest absolute Gasteiger partial charge is 0.347 e. The number of amides is 2. The second-order valence-corrected chi connectivity index (χ2v) is 7.07. The SMILES string of the molecule is Cc1nc(C(C)NC(=O)C2CC(=O)Nc3cc(F)ccc32)sc1C(=O)O. The van der Waals surface area contributed by atoms with Crippen molar-refractivity contribution in [2.24, 2.45) is 0 Å². The lowest BCUT2D eigenvalue weighted by Crippen LogP contribution is -2.36. The minimum Gasteiger partial charge on any atom is -0.477 e. The number of aryl methyl sites for hydroxylation is 1. The van der Waals surface area contributed by atoms with Crippen LogP contribution in [0.15, 0.2) is 18.2 Å². The van der Waals surface area contributed by atoms with Crippen LogP contribution < -0.4 is 10.6 Å². The zero-order valence-electron chi connectivity index (χ0n) is 14.0. The van der Waals surface area contributed by atoms with Crippen molar-refractivity contribution in [2.75, 3.05) is 5.32 Å². The molecule has 0 fully saturated rings. The maximum absolute atomic E-state index is 13.4. The second-order valence-electron chi connectivity index (χ2n) is 6.04. The molecule has 0 bridgehead atoms. The van der Waals surface area contributed by atoms with Gasteiger partial charge in [-0.1, -0.05) is 6.07 Å². The van der Waals surface area contributed by atoms with Crippen LogP contribution in [-0.2, 0) is 9.59 Å². The number of aromatic nitrogens is 1. The van der Waals surface area contributed by atoms with Crippen LogP contribution in [0, 0.1) is 12.7 Å². The first kappa shape index (κ1) is 18.0. The molecule has 2 heterocycles. The summed E-state index contributed by atoms with van der Waals surface area (Å²) >= 11 is 0.998. The number of rotatable bonds is 4. The van der Waals surface area contributed by atoms with Gasteiger partial charge in [-0.25, -0.2) is 14.2 Å². The van der Waals surface area contributed by atoms with Gasteiger partial charge in [-0.15, -0.1) is 11.3 Å². The number of halogens is 1. The van der Waals surface area contributed by atoms with E-state index in [0.717, 1.165) is 11.3 Å². The molecule has 3 N–H and O–H groups in total. The molecule has 136 valence electrons. The summed E-state index contributed by atoms with van der Waals surface area (Å²) in [6, 6.07) is 3.38. The Labute approximate surface area is 152 Å². The minimum absolute atomic E-state index is 0.0472. The zero-order valence-corrected chi connectivity index (χ0v) is 14.8. The first-order valence-electron chi connectivity index (χ1n) is 7.86. The van der Waals surface area contributed by atoms with Crippen molar-refractivity contribution in [1.82, 2.24) is 10.3 Å². The number of benzene rings is 1. The van der Waals surface area contributed by atoms with E-state index in [-0.39, 0.29) is 22.9 Å². The van der Waals surface area contributed by atoms with Gasteiger partial charge in [0.25, 0.3) is 0 Å². The molecular weight excluding hydrogens is 361 g/mol. The van der Waals surface area contributed by atoms with Crippen molar-refractivity contribution >= 4 is 34.8 Å². The lowest BCUT2D eigenvalue weighted by Gasteiger charge is -2.26. The molecule has 2 aromatic rings. The van der Waals surface area contributed by atoms with Crippen LogP contribution in [0.5, 0.6) is 0 Å². The highest BCUT2D eigenvalue weighted by Crippen LogP contribution is 2.33. The molecule has 1 aliphatic heterocycles. The van der Waals surface area contributed by atoms with Crippen LogP contribution in [0.3, 0.4) is 0 Å². The summed E-state index contributed by atoms with van der Waals surface area (Å²) in [6.45, 7) is 3.28. The Morgan fingerprint density at radius 2 is 2.19 bits per heavy atom. The highest BCUT2D eigenvalue weighted by molar-refractivity contribution is 7.13. The highest BCUT2D eigenvalue weighted by Gasteiger charge is 2.32. The van der Waals surface area contributed by atoms with Gasteiger partial charge < -0.3 is 15.7 Å². The van der Waals surface area contributed by atoms with Gasteiger partial charge in [0.05, 0.1) is 17.7 Å². The summed E-state index contributed by atoms with van der Waals surface area (Å²) in [6.07, 6.45) is -0.0472. The molecule has 0 radical (unpaired) electrons. The van der Waals surface area contributed by atoms with Crippen LogP contribution in [0.2, 0.25) is 0 Å². The number of aromatic carboxylic acids is 1. The number of hydrogen-bond acceptors (Lipinski definition) is 5. The molecule has 1 aromatic carbocycles. The quantitative estimate of drug-likeness (QED) is 0.759. The predicted molar refractivity (Wildman–Crippen MR) is 92.8 cm³/mol. The summed E-state index contributed by atoms with van der Waals surface area (Å²) in [4.78, 5) is 40.0. The van der Waals surface area contributed by atoms with Gasteiger partial charge in [0, 0.05) is 12.1 Å². The minimum atomic E-state index is -1.07. The van der Waals surface area contributed by atoms with Crippen LogP contribution >= 0.6 is 11.3 Å². The molecule has 1 aliphatic rings. The lowest BCUT2D eigenvalue weighted by atomic mass is 9.89. The summed E-state index contributed by atoms with van der Waals surface area (Å²) in [7, 11) is 0. The molecule has 2 unspecified atom stereocenters. The predicted octanol–water partition coefficient (Wildman–Crippen LogP) is 2.59. The number of thiazole rings is 1. The number of fused-ring (bicyclic) bond motifs is 1. The topological polar surface area (TPSA) is 108 Å². The Morgan fingerprint density at radius 3 is 2.85 bits per heavy atom. The number of carbonyl (C=O) groups is 3. The Hall–Kier alpha value is -2.81. The molecule has 9 heteroatoms. The summed E-state index contributed by atoms with van der Waals surface area (Å²) in [5.74, 6) is -3.08. The Bertz CT molecular complexity index is 911. The standard InChI is InChI=1S/C17H16FN3O4S/c1-7-14(17(24)25)26-16(20-7)8(2)19-15(23)11-6-13(22)21-12-5-9(18)3-4-10(11)12/h3-5,8,11H,6H2,1-2H3,(H,19,23)(H,21,22)(H,24,25). The molecule has 0 aliphatic carbocycles. The van der Waals surface area contributed by atoms with Gasteiger partial charge in [0.2, 0.25) is 11.8 Å². The first-order chi connectivity index (χ1) is 12.3. The van der Waals surface area contributed by atoms with Crippen LogP contribution in [0.25, 0.3) is 0 Å². The van der Waals surface area contributed by atoms with E-state index in [0.29, 0.717) is 16.3 Å². The monoisotopic (exact) mass is 377 g/mol. The fourth-order valence-electron chi connectivity index (χ4n) is 2.85. The van der Waals surface area contributed by atoms with Gasteiger partial charge in [-0.2, -0.15) is 0 Å². The molecule has 0 spiro atoms. The lowest BCUT2D eigenvalue weighted by molar-refractivity contribution is -0.126. The molecule has 0 saturated heterocycles. The van der Waals surface area contributed by atoms with E-state index < -0.39 is 29.7 Å². The number of anilines is 1. The Balaban J connectivity index is 1.81. The maximum Gasteiger partial charge on any atom is 0.347 e. The van der Waals surface area contributed by atoms with E-state index in [1.165, 1.54) is 18.2 Å². The van der Waals surface area contributed by atoms with Gasteiger partial charge in [0.1, 0.15) is 15.7 Å². The summed E-state index contributed by atoms with van der Waals surface area (Å²) < 4.78 is 13.4. The third kappa shape index (κ3) is 3.43. The fraction of sp³-hybridized carbons (Fsp3) is 0.294. The van der Waals surface area contributed by atoms with E-state index in [9.17, 15) is 18.8 Å². The number of carboxylic acid groups (broad SMARTS) is 1. The number of carbonyl (C=O) groups excluding carboxylic acids is 2. The summed E-state index contributed by atoms with van der Waals surface area (Å²) in [5.41, 5.74) is 1.21. The van der Waals surface area contributed by atoms with Crippen LogP contribution in [0.4, 0.5) is 10.1 Å². The zero-order chi connectivity index (χ0) is 19.0. The van der Waals surface area contributed by atoms with Crippen molar-refractivity contribution in [3.05, 3.63) is 45.2 Å². The van der Waals surface area contributed by atoms with E-state index in [1.807, 2.05) is 0 Å². The summed E-state index contributed by atoms with van der Waals surface area (Å²) in [5, 5.41) is 14.9.